The summed E-state index contributed by atoms with van der Waals surface area (Å²) in [5, 5.41) is 4.06. The largest absolute Gasteiger partial charge is 0.267 e. The van der Waals surface area contributed by atoms with Crippen molar-refractivity contribution in [3.05, 3.63) is 0 Å². The molecule has 68 valence electrons. The van der Waals surface area contributed by atoms with Gasteiger partial charge in [-0.1, -0.05) is 20.8 Å². The summed E-state index contributed by atoms with van der Waals surface area (Å²) in [4.78, 5) is 4.53. The third kappa shape index (κ3) is 2.32. The number of hydrogen-bond acceptors (Lipinski definition) is 3. The van der Waals surface area contributed by atoms with Crippen LogP contribution in [-0.2, 0) is 0 Å². The standard InChI is InChI=1S/C9H17N3/c1-7-5-6-10-12-8(11-7)9(2,3)4/h6-7H,5H2,1-4H3,(H,11,12). The fourth-order valence-corrected chi connectivity index (χ4v) is 0.975. The summed E-state index contributed by atoms with van der Waals surface area (Å²) >= 11 is 0. The molecule has 3 nitrogen and oxygen atoms in total. The topological polar surface area (TPSA) is 36.8 Å². The first-order valence-corrected chi connectivity index (χ1v) is 4.36. The maximum atomic E-state index is 4.53. The Morgan fingerprint density at radius 1 is 1.50 bits per heavy atom. The van der Waals surface area contributed by atoms with Crippen LogP contribution in [0.4, 0.5) is 0 Å². The van der Waals surface area contributed by atoms with Crippen molar-refractivity contribution in [1.82, 2.24) is 5.43 Å². The van der Waals surface area contributed by atoms with Crippen molar-refractivity contribution in [2.24, 2.45) is 15.5 Å². The molecule has 1 rings (SSSR count). The molecule has 1 N–H and O–H groups in total. The molecule has 1 atom stereocenters. The van der Waals surface area contributed by atoms with Crippen molar-refractivity contribution in [2.75, 3.05) is 0 Å². The highest BCUT2D eigenvalue weighted by Gasteiger charge is 2.20. The van der Waals surface area contributed by atoms with Crippen molar-refractivity contribution in [1.29, 1.82) is 0 Å². The first kappa shape index (κ1) is 9.23. The summed E-state index contributed by atoms with van der Waals surface area (Å²) in [7, 11) is 0. The minimum Gasteiger partial charge on any atom is -0.267 e. The van der Waals surface area contributed by atoms with Gasteiger partial charge in [-0.25, -0.2) is 0 Å². The van der Waals surface area contributed by atoms with Gasteiger partial charge in [-0.3, -0.25) is 10.4 Å². The van der Waals surface area contributed by atoms with E-state index >= 15 is 0 Å². The highest BCUT2D eigenvalue weighted by atomic mass is 15.3. The van der Waals surface area contributed by atoms with Crippen molar-refractivity contribution in [2.45, 2.75) is 40.2 Å². The molecule has 12 heavy (non-hydrogen) atoms. The van der Waals surface area contributed by atoms with Crippen molar-refractivity contribution >= 4 is 12.1 Å². The second-order valence-electron chi connectivity index (χ2n) is 4.24. The van der Waals surface area contributed by atoms with Gasteiger partial charge in [0, 0.05) is 18.1 Å². The van der Waals surface area contributed by atoms with E-state index in [9.17, 15) is 0 Å². The lowest BCUT2D eigenvalue weighted by atomic mass is 9.95. The molecule has 0 bridgehead atoms. The molecular formula is C9H17N3. The van der Waals surface area contributed by atoms with Gasteiger partial charge in [0.1, 0.15) is 5.84 Å². The lowest BCUT2D eigenvalue weighted by molar-refractivity contribution is 0.560. The van der Waals surface area contributed by atoms with Crippen molar-refractivity contribution in [3.8, 4) is 0 Å². The van der Waals surface area contributed by atoms with E-state index in [-0.39, 0.29) is 5.41 Å². The lowest BCUT2D eigenvalue weighted by Crippen LogP contribution is -2.32. The summed E-state index contributed by atoms with van der Waals surface area (Å²) in [5.74, 6) is 0.976. The van der Waals surface area contributed by atoms with Crippen LogP contribution in [0.5, 0.6) is 0 Å². The zero-order valence-corrected chi connectivity index (χ0v) is 8.26. The maximum absolute atomic E-state index is 4.53. The van der Waals surface area contributed by atoms with E-state index < -0.39 is 0 Å². The molecule has 0 aromatic heterocycles. The third-order valence-corrected chi connectivity index (χ3v) is 1.77. The first-order chi connectivity index (χ1) is 5.50. The Labute approximate surface area is 74.0 Å². The van der Waals surface area contributed by atoms with Crippen LogP contribution >= 0.6 is 0 Å². The van der Waals surface area contributed by atoms with E-state index in [0.717, 1.165) is 12.3 Å². The molecular weight excluding hydrogens is 150 g/mol. The van der Waals surface area contributed by atoms with Gasteiger partial charge in [0.15, 0.2) is 0 Å². The van der Waals surface area contributed by atoms with E-state index in [1.54, 1.807) is 0 Å². The Balaban J connectivity index is 2.81. The smallest absolute Gasteiger partial charge is 0.122 e. The molecule has 0 amide bonds. The predicted octanol–water partition coefficient (Wildman–Crippen LogP) is 1.80. The fourth-order valence-electron chi connectivity index (χ4n) is 0.975. The lowest BCUT2D eigenvalue weighted by Gasteiger charge is -2.20. The van der Waals surface area contributed by atoms with Gasteiger partial charge in [0.2, 0.25) is 0 Å². The number of nitrogens with one attached hydrogen (secondary N) is 1. The Bertz CT molecular complexity index is 210. The molecule has 0 saturated heterocycles. The summed E-state index contributed by atoms with van der Waals surface area (Å²) < 4.78 is 0. The number of nitrogens with zero attached hydrogens (tertiary/aromatic N) is 2. The van der Waals surface area contributed by atoms with Crippen LogP contribution in [0.1, 0.15) is 34.1 Å². The van der Waals surface area contributed by atoms with E-state index in [0.29, 0.717) is 6.04 Å². The average Bonchev–Trinajstić information content (AvgIpc) is 2.11. The normalized spacial score (nSPS) is 24.3. The summed E-state index contributed by atoms with van der Waals surface area (Å²) in [6, 6.07) is 0.345. The number of aliphatic imine (C=N–C) groups is 1. The number of hydrazone groups is 1. The molecule has 0 aliphatic carbocycles. The van der Waals surface area contributed by atoms with E-state index in [4.69, 9.17) is 0 Å². The van der Waals surface area contributed by atoms with Crippen LogP contribution in [-0.4, -0.2) is 18.1 Å². The van der Waals surface area contributed by atoms with E-state index in [1.165, 1.54) is 0 Å². The van der Waals surface area contributed by atoms with Gasteiger partial charge in [-0.05, 0) is 6.92 Å². The first-order valence-electron chi connectivity index (χ1n) is 4.36. The molecule has 1 aliphatic rings. The van der Waals surface area contributed by atoms with Crippen LogP contribution in [0.15, 0.2) is 10.1 Å². The molecule has 0 aromatic rings. The van der Waals surface area contributed by atoms with Gasteiger partial charge < -0.3 is 0 Å². The highest BCUT2D eigenvalue weighted by molar-refractivity contribution is 5.88. The summed E-state index contributed by atoms with van der Waals surface area (Å²) in [6.07, 6.45) is 2.81. The zero-order valence-electron chi connectivity index (χ0n) is 8.26. The Morgan fingerprint density at radius 2 is 2.17 bits per heavy atom. The van der Waals surface area contributed by atoms with Crippen molar-refractivity contribution < 1.29 is 0 Å². The third-order valence-electron chi connectivity index (χ3n) is 1.77. The zero-order chi connectivity index (χ0) is 9.19. The number of rotatable bonds is 0. The molecule has 0 radical (unpaired) electrons. The minimum absolute atomic E-state index is 0.0654. The maximum Gasteiger partial charge on any atom is 0.122 e. The number of hydrogen-bond donors (Lipinski definition) is 1. The van der Waals surface area contributed by atoms with Crippen LogP contribution in [0.25, 0.3) is 0 Å². The average molecular weight is 167 g/mol. The van der Waals surface area contributed by atoms with Crippen LogP contribution in [0.2, 0.25) is 0 Å². The van der Waals surface area contributed by atoms with Crippen molar-refractivity contribution in [3.63, 3.8) is 0 Å². The highest BCUT2D eigenvalue weighted by Crippen LogP contribution is 2.16. The van der Waals surface area contributed by atoms with Gasteiger partial charge >= 0.3 is 0 Å². The SMILES string of the molecule is CC1CC=NNC(C(C)(C)C)=N1. The monoisotopic (exact) mass is 167 g/mol. The van der Waals surface area contributed by atoms with Crippen LogP contribution < -0.4 is 5.43 Å². The van der Waals surface area contributed by atoms with Gasteiger partial charge in [-0.15, -0.1) is 0 Å². The fraction of sp³-hybridized carbons (Fsp3) is 0.778. The van der Waals surface area contributed by atoms with E-state index in [1.807, 2.05) is 6.21 Å². The molecule has 1 aliphatic heterocycles. The Hall–Kier alpha value is -0.860. The molecule has 0 saturated carbocycles. The molecule has 0 spiro atoms. The second-order valence-corrected chi connectivity index (χ2v) is 4.24. The Morgan fingerprint density at radius 3 is 2.75 bits per heavy atom. The van der Waals surface area contributed by atoms with Crippen LogP contribution in [0.3, 0.4) is 0 Å². The van der Waals surface area contributed by atoms with Crippen LogP contribution in [0, 0.1) is 5.41 Å². The molecule has 0 fully saturated rings. The van der Waals surface area contributed by atoms with E-state index in [2.05, 4.69) is 43.2 Å². The number of amidine groups is 1. The summed E-state index contributed by atoms with van der Waals surface area (Å²) in [5.41, 5.74) is 3.04. The predicted molar refractivity (Wildman–Crippen MR) is 52.6 cm³/mol. The molecule has 3 heteroatoms. The van der Waals surface area contributed by atoms with Gasteiger partial charge in [0.25, 0.3) is 0 Å². The minimum atomic E-state index is 0.0654. The van der Waals surface area contributed by atoms with Gasteiger partial charge in [-0.2, -0.15) is 5.10 Å². The second kappa shape index (κ2) is 3.25. The molecule has 1 heterocycles. The molecule has 1 unspecified atom stereocenters. The Kier molecular flexibility index (Phi) is 2.50. The molecule has 0 aromatic carbocycles. The summed E-state index contributed by atoms with van der Waals surface area (Å²) in [6.45, 7) is 8.50. The quantitative estimate of drug-likeness (QED) is 0.587. The van der Waals surface area contributed by atoms with Gasteiger partial charge in [0.05, 0.1) is 6.04 Å².